The summed E-state index contributed by atoms with van der Waals surface area (Å²) in [6.45, 7) is 3.87. The number of carbonyl (C=O) groups excluding carboxylic acids is 1. The molecule has 0 atom stereocenters. The molecule has 88 valence electrons. The van der Waals surface area contributed by atoms with E-state index in [9.17, 15) is 4.79 Å². The van der Waals surface area contributed by atoms with Gasteiger partial charge in [0.15, 0.2) is 5.69 Å². The number of aromatic nitrogens is 2. The molecule has 1 aromatic heterocycles. The van der Waals surface area contributed by atoms with Crippen LogP contribution in [0.5, 0.6) is 0 Å². The number of carbonyl (C=O) groups is 1. The Kier molecular flexibility index (Phi) is 3.30. The van der Waals surface area contributed by atoms with Crippen LogP contribution in [0.25, 0.3) is 10.9 Å². The van der Waals surface area contributed by atoms with Gasteiger partial charge in [0, 0.05) is 11.4 Å². The minimum Gasteiger partial charge on any atom is -0.286 e. The maximum absolute atomic E-state index is 11.7. The fourth-order valence-electron chi connectivity index (χ4n) is 1.37. The number of rotatable bonds is 3. The van der Waals surface area contributed by atoms with Crippen LogP contribution in [0.2, 0.25) is 0 Å². The Morgan fingerprint density at radius 2 is 2.00 bits per heavy atom. The molecule has 0 aliphatic heterocycles. The third-order valence-electron chi connectivity index (χ3n) is 2.20. The first-order valence-electron chi connectivity index (χ1n) is 5.45. The van der Waals surface area contributed by atoms with Crippen LogP contribution < -0.4 is 10.9 Å². The molecule has 0 saturated heterocycles. The van der Waals surface area contributed by atoms with E-state index in [2.05, 4.69) is 21.0 Å². The van der Waals surface area contributed by atoms with Gasteiger partial charge in [0.2, 0.25) is 0 Å². The van der Waals surface area contributed by atoms with Crippen molar-refractivity contribution in [1.82, 2.24) is 21.0 Å². The van der Waals surface area contributed by atoms with Gasteiger partial charge in [0.25, 0.3) is 5.91 Å². The van der Waals surface area contributed by atoms with Gasteiger partial charge in [-0.3, -0.25) is 10.2 Å². The summed E-state index contributed by atoms with van der Waals surface area (Å²) in [6.07, 6.45) is 0. The molecule has 0 radical (unpaired) electrons. The number of hydrogen-bond donors (Lipinski definition) is 2. The molecule has 0 unspecified atom stereocenters. The highest BCUT2D eigenvalue weighted by Gasteiger charge is 2.08. The Bertz CT molecular complexity index is 539. The van der Waals surface area contributed by atoms with Gasteiger partial charge in [0.1, 0.15) is 0 Å². The van der Waals surface area contributed by atoms with Gasteiger partial charge >= 0.3 is 0 Å². The van der Waals surface area contributed by atoms with Crippen LogP contribution in [0.3, 0.4) is 0 Å². The summed E-state index contributed by atoms with van der Waals surface area (Å²) in [6, 6.07) is 9.44. The second kappa shape index (κ2) is 4.88. The standard InChI is InChI=1S/C12H14N4O/c1-8(2)13-16-12(17)11-7-9-5-3-4-6-10(9)14-15-11/h3-8,13H,1-2H3,(H,16,17). The van der Waals surface area contributed by atoms with Gasteiger partial charge in [-0.25, -0.2) is 5.43 Å². The van der Waals surface area contributed by atoms with Crippen molar-refractivity contribution in [2.45, 2.75) is 19.9 Å². The van der Waals surface area contributed by atoms with Crippen LogP contribution in [0, 0.1) is 0 Å². The Labute approximate surface area is 99.2 Å². The van der Waals surface area contributed by atoms with Gasteiger partial charge in [-0.15, -0.1) is 10.2 Å². The molecule has 0 fully saturated rings. The van der Waals surface area contributed by atoms with Gasteiger partial charge in [0.05, 0.1) is 5.52 Å². The summed E-state index contributed by atoms with van der Waals surface area (Å²) < 4.78 is 0. The molecule has 1 heterocycles. The summed E-state index contributed by atoms with van der Waals surface area (Å²) in [5.74, 6) is -0.281. The van der Waals surface area contributed by atoms with Gasteiger partial charge < -0.3 is 0 Å². The first kappa shape index (κ1) is 11.5. The van der Waals surface area contributed by atoms with Crippen LogP contribution in [0.1, 0.15) is 24.3 Å². The first-order valence-corrected chi connectivity index (χ1v) is 5.45. The van der Waals surface area contributed by atoms with Crippen LogP contribution in [-0.4, -0.2) is 22.1 Å². The zero-order valence-corrected chi connectivity index (χ0v) is 9.77. The zero-order chi connectivity index (χ0) is 12.3. The van der Waals surface area contributed by atoms with Crippen LogP contribution >= 0.6 is 0 Å². The minimum absolute atomic E-state index is 0.173. The lowest BCUT2D eigenvalue weighted by Gasteiger charge is -2.09. The largest absolute Gasteiger partial charge is 0.286 e. The van der Waals surface area contributed by atoms with Gasteiger partial charge in [-0.1, -0.05) is 18.2 Å². The molecule has 1 amide bonds. The summed E-state index contributed by atoms with van der Waals surface area (Å²) >= 11 is 0. The van der Waals surface area contributed by atoms with Crippen LogP contribution in [-0.2, 0) is 0 Å². The molecule has 5 heteroatoms. The number of amides is 1. The number of nitrogens with zero attached hydrogens (tertiary/aromatic N) is 2. The number of hydrogen-bond acceptors (Lipinski definition) is 4. The first-order chi connectivity index (χ1) is 8.16. The minimum atomic E-state index is -0.281. The van der Waals surface area contributed by atoms with E-state index in [1.54, 1.807) is 6.07 Å². The lowest BCUT2D eigenvalue weighted by Crippen LogP contribution is -2.42. The number of fused-ring (bicyclic) bond motifs is 1. The van der Waals surface area contributed by atoms with E-state index in [0.29, 0.717) is 5.69 Å². The Morgan fingerprint density at radius 3 is 2.76 bits per heavy atom. The van der Waals surface area contributed by atoms with Crippen molar-refractivity contribution in [3.05, 3.63) is 36.0 Å². The van der Waals surface area contributed by atoms with Crippen LogP contribution in [0.15, 0.2) is 30.3 Å². The van der Waals surface area contributed by atoms with E-state index in [4.69, 9.17) is 0 Å². The molecule has 1 aromatic carbocycles. The Hall–Kier alpha value is -2.01. The maximum Gasteiger partial charge on any atom is 0.285 e. The SMILES string of the molecule is CC(C)NNC(=O)c1cc2ccccc2nn1. The molecule has 2 aromatic rings. The van der Waals surface area contributed by atoms with Crippen molar-refractivity contribution < 1.29 is 4.79 Å². The average Bonchev–Trinajstić information content (AvgIpc) is 2.35. The number of hydrazine groups is 1. The van der Waals surface area contributed by atoms with E-state index in [-0.39, 0.29) is 11.9 Å². The van der Waals surface area contributed by atoms with E-state index >= 15 is 0 Å². The lowest BCUT2D eigenvalue weighted by atomic mass is 10.2. The van der Waals surface area contributed by atoms with Crippen LogP contribution in [0.4, 0.5) is 0 Å². The van der Waals surface area contributed by atoms with Crippen molar-refractivity contribution in [2.75, 3.05) is 0 Å². The predicted octanol–water partition coefficient (Wildman–Crippen LogP) is 1.27. The molecule has 0 spiro atoms. The van der Waals surface area contributed by atoms with Crippen molar-refractivity contribution in [3.8, 4) is 0 Å². The van der Waals surface area contributed by atoms with E-state index in [1.807, 2.05) is 38.1 Å². The average molecular weight is 230 g/mol. The second-order valence-corrected chi connectivity index (χ2v) is 4.04. The van der Waals surface area contributed by atoms with Crippen molar-refractivity contribution >= 4 is 16.8 Å². The molecule has 0 aliphatic rings. The highest BCUT2D eigenvalue weighted by molar-refractivity contribution is 5.94. The van der Waals surface area contributed by atoms with E-state index < -0.39 is 0 Å². The lowest BCUT2D eigenvalue weighted by molar-refractivity contribution is 0.0922. The quantitative estimate of drug-likeness (QED) is 0.779. The molecule has 0 saturated carbocycles. The summed E-state index contributed by atoms with van der Waals surface area (Å²) in [7, 11) is 0. The fraction of sp³-hybridized carbons (Fsp3) is 0.250. The van der Waals surface area contributed by atoms with Gasteiger partial charge in [-0.05, 0) is 26.0 Å². The highest BCUT2D eigenvalue weighted by atomic mass is 16.2. The molecular formula is C12H14N4O. The topological polar surface area (TPSA) is 66.9 Å². The molecule has 2 rings (SSSR count). The molecular weight excluding hydrogens is 216 g/mol. The zero-order valence-electron chi connectivity index (χ0n) is 9.77. The maximum atomic E-state index is 11.7. The molecule has 2 N–H and O–H groups in total. The molecule has 0 bridgehead atoms. The molecule has 5 nitrogen and oxygen atoms in total. The summed E-state index contributed by atoms with van der Waals surface area (Å²) in [5.41, 5.74) is 6.48. The van der Waals surface area contributed by atoms with E-state index in [0.717, 1.165) is 10.9 Å². The smallest absolute Gasteiger partial charge is 0.285 e. The number of nitrogens with one attached hydrogen (secondary N) is 2. The van der Waals surface area contributed by atoms with Crippen molar-refractivity contribution in [3.63, 3.8) is 0 Å². The van der Waals surface area contributed by atoms with Crippen molar-refractivity contribution in [2.24, 2.45) is 0 Å². The second-order valence-electron chi connectivity index (χ2n) is 4.04. The third kappa shape index (κ3) is 2.76. The summed E-state index contributed by atoms with van der Waals surface area (Å²) in [5, 5.41) is 8.77. The normalized spacial score (nSPS) is 10.8. The highest BCUT2D eigenvalue weighted by Crippen LogP contribution is 2.10. The Morgan fingerprint density at radius 1 is 1.24 bits per heavy atom. The predicted molar refractivity (Wildman–Crippen MR) is 65.3 cm³/mol. The monoisotopic (exact) mass is 230 g/mol. The van der Waals surface area contributed by atoms with Gasteiger partial charge in [-0.2, -0.15) is 0 Å². The third-order valence-corrected chi connectivity index (χ3v) is 2.20. The molecule has 0 aliphatic carbocycles. The Balaban J connectivity index is 2.21. The number of benzene rings is 1. The summed E-state index contributed by atoms with van der Waals surface area (Å²) in [4.78, 5) is 11.7. The van der Waals surface area contributed by atoms with Crippen molar-refractivity contribution in [1.29, 1.82) is 0 Å². The molecule has 17 heavy (non-hydrogen) atoms. The van der Waals surface area contributed by atoms with E-state index in [1.165, 1.54) is 0 Å². The fourth-order valence-corrected chi connectivity index (χ4v) is 1.37.